The minimum Gasteiger partial charge on any atom is -0.449 e. The summed E-state index contributed by atoms with van der Waals surface area (Å²) in [6, 6.07) is 8.17. The monoisotopic (exact) mass is 275 g/mol. The largest absolute Gasteiger partial charge is 0.449 e. The van der Waals surface area contributed by atoms with Crippen LogP contribution >= 0.6 is 0 Å². The zero-order chi connectivity index (χ0) is 14.7. The molecule has 102 valence electrons. The zero-order valence-corrected chi connectivity index (χ0v) is 10.5. The van der Waals surface area contributed by atoms with Crippen LogP contribution in [-0.2, 0) is 0 Å². The first-order chi connectivity index (χ1) is 9.52. The average Bonchev–Trinajstić information content (AvgIpc) is 2.38. The van der Waals surface area contributed by atoms with Crippen LogP contribution in [0.1, 0.15) is 15.9 Å². The summed E-state index contributed by atoms with van der Waals surface area (Å²) >= 11 is 0. The fourth-order valence-corrected chi connectivity index (χ4v) is 1.69. The molecule has 2 rings (SSSR count). The normalized spacial score (nSPS) is 10.1. The Hall–Kier alpha value is -2.76. The van der Waals surface area contributed by atoms with Gasteiger partial charge < -0.3 is 4.74 Å². The SMILES string of the molecule is Cc1ccc([N+](=O)[O-])c(Oc2cccc(F)c2C=O)c1. The van der Waals surface area contributed by atoms with Gasteiger partial charge in [0.05, 0.1) is 10.5 Å². The highest BCUT2D eigenvalue weighted by molar-refractivity contribution is 5.80. The number of carbonyl (C=O) groups is 1. The van der Waals surface area contributed by atoms with Crippen molar-refractivity contribution in [1.82, 2.24) is 0 Å². The van der Waals surface area contributed by atoms with Gasteiger partial charge in [-0.2, -0.15) is 0 Å². The Morgan fingerprint density at radius 1 is 1.25 bits per heavy atom. The molecular formula is C14H10FNO4. The lowest BCUT2D eigenvalue weighted by molar-refractivity contribution is -0.385. The molecule has 0 spiro atoms. The first kappa shape index (κ1) is 13.7. The van der Waals surface area contributed by atoms with Gasteiger partial charge in [-0.25, -0.2) is 4.39 Å². The smallest absolute Gasteiger partial charge is 0.311 e. The Labute approximate surface area is 113 Å². The fourth-order valence-electron chi connectivity index (χ4n) is 1.69. The number of carbonyl (C=O) groups excluding carboxylic acids is 1. The molecule has 5 nitrogen and oxygen atoms in total. The van der Waals surface area contributed by atoms with Crippen molar-refractivity contribution in [3.05, 3.63) is 63.5 Å². The van der Waals surface area contributed by atoms with E-state index < -0.39 is 10.7 Å². The highest BCUT2D eigenvalue weighted by atomic mass is 19.1. The van der Waals surface area contributed by atoms with E-state index in [-0.39, 0.29) is 22.7 Å². The second kappa shape index (κ2) is 5.48. The molecule has 0 heterocycles. The van der Waals surface area contributed by atoms with Crippen molar-refractivity contribution in [1.29, 1.82) is 0 Å². The van der Waals surface area contributed by atoms with Crippen LogP contribution in [0.25, 0.3) is 0 Å². The quantitative estimate of drug-likeness (QED) is 0.485. The molecule has 2 aromatic rings. The number of aldehydes is 1. The molecule has 0 N–H and O–H groups in total. The van der Waals surface area contributed by atoms with Gasteiger partial charge in [0.25, 0.3) is 0 Å². The second-order valence-corrected chi connectivity index (χ2v) is 4.10. The predicted molar refractivity (Wildman–Crippen MR) is 69.7 cm³/mol. The Morgan fingerprint density at radius 2 is 2.00 bits per heavy atom. The Morgan fingerprint density at radius 3 is 2.65 bits per heavy atom. The molecule has 0 amide bonds. The lowest BCUT2D eigenvalue weighted by Crippen LogP contribution is -1.97. The summed E-state index contributed by atoms with van der Waals surface area (Å²) in [5.74, 6) is -0.842. The maximum Gasteiger partial charge on any atom is 0.311 e. The predicted octanol–water partition coefficient (Wildman–Crippen LogP) is 3.65. The first-order valence-corrected chi connectivity index (χ1v) is 5.69. The van der Waals surface area contributed by atoms with Crippen molar-refractivity contribution in [3.8, 4) is 11.5 Å². The average molecular weight is 275 g/mol. The Kier molecular flexibility index (Phi) is 3.74. The van der Waals surface area contributed by atoms with Gasteiger partial charge >= 0.3 is 5.69 Å². The summed E-state index contributed by atoms with van der Waals surface area (Å²) in [5, 5.41) is 10.9. The summed E-state index contributed by atoms with van der Waals surface area (Å²) in [5.41, 5.74) is 0.217. The van der Waals surface area contributed by atoms with E-state index in [2.05, 4.69) is 0 Å². The molecule has 0 unspecified atom stereocenters. The maximum absolute atomic E-state index is 13.4. The first-order valence-electron chi connectivity index (χ1n) is 5.69. The molecule has 0 atom stereocenters. The molecule has 6 heteroatoms. The molecule has 0 fully saturated rings. The second-order valence-electron chi connectivity index (χ2n) is 4.10. The highest BCUT2D eigenvalue weighted by Crippen LogP contribution is 2.33. The van der Waals surface area contributed by atoms with Crippen LogP contribution in [-0.4, -0.2) is 11.2 Å². The molecule has 0 aromatic heterocycles. The third-order valence-corrected chi connectivity index (χ3v) is 2.66. The van der Waals surface area contributed by atoms with Gasteiger partial charge in [0, 0.05) is 6.07 Å². The molecular weight excluding hydrogens is 265 g/mol. The summed E-state index contributed by atoms with van der Waals surface area (Å²) < 4.78 is 18.8. The molecule has 0 saturated heterocycles. The van der Waals surface area contributed by atoms with E-state index >= 15 is 0 Å². The summed E-state index contributed by atoms with van der Waals surface area (Å²) in [6.45, 7) is 1.74. The fraction of sp³-hybridized carbons (Fsp3) is 0.0714. The van der Waals surface area contributed by atoms with Crippen LogP contribution in [0.15, 0.2) is 36.4 Å². The molecule has 0 bridgehead atoms. The number of nitro benzene ring substituents is 1. The van der Waals surface area contributed by atoms with Crippen LogP contribution in [0.2, 0.25) is 0 Å². The summed E-state index contributed by atoms with van der Waals surface area (Å²) in [6.07, 6.45) is 0.312. The molecule has 0 aliphatic carbocycles. The third kappa shape index (κ3) is 2.64. The van der Waals surface area contributed by atoms with Crippen LogP contribution < -0.4 is 4.74 Å². The molecule has 0 radical (unpaired) electrons. The number of hydrogen-bond donors (Lipinski definition) is 0. The maximum atomic E-state index is 13.4. The van der Waals surface area contributed by atoms with Crippen molar-refractivity contribution in [2.24, 2.45) is 0 Å². The standard InChI is InChI=1S/C14H10FNO4/c1-9-5-6-12(16(18)19)14(7-9)20-13-4-2-3-11(15)10(13)8-17/h2-8H,1H3. The summed E-state index contributed by atoms with van der Waals surface area (Å²) in [4.78, 5) is 21.2. The highest BCUT2D eigenvalue weighted by Gasteiger charge is 2.18. The van der Waals surface area contributed by atoms with Crippen LogP contribution in [0.3, 0.4) is 0 Å². The van der Waals surface area contributed by atoms with E-state index in [0.717, 1.165) is 11.6 Å². The Bertz CT molecular complexity index is 685. The van der Waals surface area contributed by atoms with Crippen molar-refractivity contribution in [2.75, 3.05) is 0 Å². The lowest BCUT2D eigenvalue weighted by Gasteiger charge is -2.09. The number of ether oxygens (including phenoxy) is 1. The van der Waals surface area contributed by atoms with E-state index in [1.165, 1.54) is 24.3 Å². The third-order valence-electron chi connectivity index (χ3n) is 2.66. The molecule has 20 heavy (non-hydrogen) atoms. The van der Waals surface area contributed by atoms with E-state index in [9.17, 15) is 19.3 Å². The van der Waals surface area contributed by atoms with Gasteiger partial charge in [-0.1, -0.05) is 12.1 Å². The van der Waals surface area contributed by atoms with Gasteiger partial charge in [0.1, 0.15) is 11.6 Å². The number of hydrogen-bond acceptors (Lipinski definition) is 4. The number of rotatable bonds is 4. The number of halogens is 1. The molecule has 0 saturated carbocycles. The zero-order valence-electron chi connectivity index (χ0n) is 10.5. The topological polar surface area (TPSA) is 69.4 Å². The molecule has 2 aromatic carbocycles. The van der Waals surface area contributed by atoms with Crippen molar-refractivity contribution in [2.45, 2.75) is 6.92 Å². The minimum absolute atomic E-state index is 0.0382. The number of aryl methyl sites for hydroxylation is 1. The van der Waals surface area contributed by atoms with E-state index in [4.69, 9.17) is 4.74 Å². The van der Waals surface area contributed by atoms with Gasteiger partial charge in [0.15, 0.2) is 6.29 Å². The molecule has 0 aliphatic heterocycles. The van der Waals surface area contributed by atoms with Crippen LogP contribution in [0.4, 0.5) is 10.1 Å². The van der Waals surface area contributed by atoms with Gasteiger partial charge in [-0.05, 0) is 30.7 Å². The lowest BCUT2D eigenvalue weighted by atomic mass is 10.2. The molecule has 0 aliphatic rings. The number of benzene rings is 2. The Balaban J connectivity index is 2.50. The van der Waals surface area contributed by atoms with E-state index in [1.54, 1.807) is 13.0 Å². The van der Waals surface area contributed by atoms with E-state index in [1.807, 2.05) is 0 Å². The van der Waals surface area contributed by atoms with Crippen molar-refractivity contribution < 1.29 is 18.8 Å². The van der Waals surface area contributed by atoms with Gasteiger partial charge in [0.2, 0.25) is 5.75 Å². The van der Waals surface area contributed by atoms with Crippen LogP contribution in [0, 0.1) is 22.9 Å². The number of nitrogens with zero attached hydrogens (tertiary/aromatic N) is 1. The van der Waals surface area contributed by atoms with Gasteiger partial charge in [-0.15, -0.1) is 0 Å². The minimum atomic E-state index is -0.743. The number of nitro groups is 1. The van der Waals surface area contributed by atoms with Crippen molar-refractivity contribution in [3.63, 3.8) is 0 Å². The van der Waals surface area contributed by atoms with Crippen LogP contribution in [0.5, 0.6) is 11.5 Å². The van der Waals surface area contributed by atoms with Crippen molar-refractivity contribution >= 4 is 12.0 Å². The summed E-state index contributed by atoms with van der Waals surface area (Å²) in [7, 11) is 0. The van der Waals surface area contributed by atoms with E-state index in [0.29, 0.717) is 6.29 Å². The van der Waals surface area contributed by atoms with Gasteiger partial charge in [-0.3, -0.25) is 14.9 Å².